The number of hydrogen-bond acceptors (Lipinski definition) is 8. The van der Waals surface area contributed by atoms with E-state index in [-0.39, 0.29) is 31.0 Å². The molecule has 0 spiro atoms. The van der Waals surface area contributed by atoms with Crippen molar-refractivity contribution >= 4 is 6.09 Å². The van der Waals surface area contributed by atoms with Crippen LogP contribution in [-0.4, -0.2) is 44.9 Å². The first-order valence-corrected chi connectivity index (χ1v) is 9.99. The van der Waals surface area contributed by atoms with E-state index in [1.54, 1.807) is 31.2 Å². The zero-order valence-electron chi connectivity index (χ0n) is 18.1. The standard InChI is InChI=1S/C23H23N5O4/c1-4-32-22(29)28-9-8-14-16(10-24)21(27)23(12-25,13-26)19(17(14)11-28)15-6-5-7-18(30-2)20(15)31-3/h5-8,17,19H,4,9,11,27H2,1-3H3/t17-,19-/m0/s1. The van der Waals surface area contributed by atoms with Crippen molar-refractivity contribution in [3.05, 3.63) is 46.7 Å². The van der Waals surface area contributed by atoms with Crippen molar-refractivity contribution in [2.45, 2.75) is 12.8 Å². The molecule has 0 saturated heterocycles. The first-order valence-electron chi connectivity index (χ1n) is 9.99. The number of para-hydroxylation sites is 1. The Morgan fingerprint density at radius 3 is 2.53 bits per heavy atom. The Morgan fingerprint density at radius 2 is 1.97 bits per heavy atom. The van der Waals surface area contributed by atoms with Crippen molar-refractivity contribution in [1.29, 1.82) is 15.8 Å². The van der Waals surface area contributed by atoms with Gasteiger partial charge in [-0.3, -0.25) is 0 Å². The van der Waals surface area contributed by atoms with Crippen LogP contribution in [0.15, 0.2) is 41.1 Å². The average molecular weight is 433 g/mol. The van der Waals surface area contributed by atoms with Gasteiger partial charge in [0.25, 0.3) is 0 Å². The van der Waals surface area contributed by atoms with Crippen molar-refractivity contribution in [2.24, 2.45) is 17.1 Å². The van der Waals surface area contributed by atoms with Gasteiger partial charge in [0.2, 0.25) is 0 Å². The molecule has 2 N–H and O–H groups in total. The average Bonchev–Trinajstić information content (AvgIpc) is 2.82. The second-order valence-corrected chi connectivity index (χ2v) is 7.36. The lowest BCUT2D eigenvalue weighted by Crippen LogP contribution is -2.49. The second kappa shape index (κ2) is 8.91. The van der Waals surface area contributed by atoms with Crippen LogP contribution in [0.3, 0.4) is 0 Å². The van der Waals surface area contributed by atoms with E-state index in [1.165, 1.54) is 19.1 Å². The van der Waals surface area contributed by atoms with E-state index in [2.05, 4.69) is 18.2 Å². The van der Waals surface area contributed by atoms with Crippen LogP contribution in [0, 0.1) is 45.3 Å². The van der Waals surface area contributed by atoms with Crippen LogP contribution in [0.25, 0.3) is 0 Å². The molecule has 1 aliphatic carbocycles. The molecule has 0 radical (unpaired) electrons. The van der Waals surface area contributed by atoms with Gasteiger partial charge in [-0.15, -0.1) is 0 Å². The molecule has 1 amide bonds. The summed E-state index contributed by atoms with van der Waals surface area (Å²) in [5.74, 6) is -0.624. The maximum absolute atomic E-state index is 12.5. The molecular weight excluding hydrogens is 410 g/mol. The Bertz CT molecular complexity index is 1100. The number of carbonyl (C=O) groups excluding carboxylic acids is 1. The smallest absolute Gasteiger partial charge is 0.410 e. The highest BCUT2D eigenvalue weighted by molar-refractivity contribution is 5.70. The third-order valence-electron chi connectivity index (χ3n) is 5.96. The summed E-state index contributed by atoms with van der Waals surface area (Å²) in [6.45, 7) is 2.28. The maximum atomic E-state index is 12.5. The van der Waals surface area contributed by atoms with E-state index in [0.717, 1.165) is 0 Å². The van der Waals surface area contributed by atoms with E-state index in [0.29, 0.717) is 22.6 Å². The number of benzene rings is 1. The minimum absolute atomic E-state index is 0.0970. The van der Waals surface area contributed by atoms with Gasteiger partial charge in [-0.05, 0) is 18.6 Å². The lowest BCUT2D eigenvalue weighted by Gasteiger charge is -2.45. The molecular formula is C23H23N5O4. The van der Waals surface area contributed by atoms with E-state index in [4.69, 9.17) is 19.9 Å². The van der Waals surface area contributed by atoms with Crippen LogP contribution in [0.4, 0.5) is 4.79 Å². The Balaban J connectivity index is 2.32. The SMILES string of the molecule is CCOC(=O)N1CC=C2C(C#N)=C(N)C(C#N)(C#N)[C@@H](c3cccc(OC)c3OC)[C@H]2C1. The summed E-state index contributed by atoms with van der Waals surface area (Å²) in [5, 5.41) is 30.2. The molecule has 0 bridgehead atoms. The van der Waals surface area contributed by atoms with E-state index in [1.807, 2.05) is 0 Å². The highest BCUT2D eigenvalue weighted by atomic mass is 16.6. The van der Waals surface area contributed by atoms with E-state index < -0.39 is 23.3 Å². The summed E-state index contributed by atoms with van der Waals surface area (Å²) in [4.78, 5) is 13.9. The molecule has 32 heavy (non-hydrogen) atoms. The van der Waals surface area contributed by atoms with Gasteiger partial charge in [-0.25, -0.2) is 4.79 Å². The molecule has 9 heteroatoms. The minimum atomic E-state index is -1.86. The second-order valence-electron chi connectivity index (χ2n) is 7.36. The molecule has 1 aromatic carbocycles. The van der Waals surface area contributed by atoms with Crippen LogP contribution in [0.1, 0.15) is 18.4 Å². The highest BCUT2D eigenvalue weighted by Gasteiger charge is 2.55. The molecule has 164 valence electrons. The number of nitriles is 3. The number of nitrogens with zero attached hydrogens (tertiary/aromatic N) is 4. The molecule has 0 aromatic heterocycles. The molecule has 3 rings (SSSR count). The van der Waals surface area contributed by atoms with Crippen molar-refractivity contribution in [3.63, 3.8) is 0 Å². The first-order chi connectivity index (χ1) is 15.4. The lowest BCUT2D eigenvalue weighted by atomic mass is 9.58. The fourth-order valence-electron chi connectivity index (χ4n) is 4.54. The number of fused-ring (bicyclic) bond motifs is 1. The molecule has 2 atom stereocenters. The molecule has 0 saturated carbocycles. The number of amides is 1. The number of nitrogens with two attached hydrogens (primary N) is 1. The summed E-state index contributed by atoms with van der Waals surface area (Å²) in [7, 11) is 2.95. The van der Waals surface area contributed by atoms with Gasteiger partial charge in [-0.1, -0.05) is 18.2 Å². The summed E-state index contributed by atoms with van der Waals surface area (Å²) in [5.41, 5.74) is 5.58. The number of hydrogen-bond donors (Lipinski definition) is 1. The quantitative estimate of drug-likeness (QED) is 0.762. The summed E-state index contributed by atoms with van der Waals surface area (Å²) in [6.07, 6.45) is 1.22. The molecule has 0 unspecified atom stereocenters. The molecule has 1 aromatic rings. The van der Waals surface area contributed by atoms with Crippen LogP contribution in [-0.2, 0) is 4.74 Å². The number of carbonyl (C=O) groups is 1. The molecule has 9 nitrogen and oxygen atoms in total. The predicted octanol–water partition coefficient (Wildman–Crippen LogP) is 2.59. The van der Waals surface area contributed by atoms with Crippen molar-refractivity contribution in [2.75, 3.05) is 33.9 Å². The number of allylic oxidation sites excluding steroid dienone is 2. The van der Waals surface area contributed by atoms with Crippen LogP contribution in [0.5, 0.6) is 11.5 Å². The Morgan fingerprint density at radius 1 is 1.25 bits per heavy atom. The van der Waals surface area contributed by atoms with Gasteiger partial charge in [-0.2, -0.15) is 15.8 Å². The Kier molecular flexibility index (Phi) is 6.27. The molecule has 1 heterocycles. The van der Waals surface area contributed by atoms with Crippen molar-refractivity contribution < 1.29 is 19.0 Å². The van der Waals surface area contributed by atoms with Gasteiger partial charge in [0.1, 0.15) is 6.07 Å². The van der Waals surface area contributed by atoms with Crippen LogP contribution >= 0.6 is 0 Å². The van der Waals surface area contributed by atoms with Crippen molar-refractivity contribution in [3.8, 4) is 29.7 Å². The zero-order valence-corrected chi connectivity index (χ0v) is 18.1. The monoisotopic (exact) mass is 433 g/mol. The summed E-state index contributed by atoms with van der Waals surface area (Å²) in [6, 6.07) is 11.4. The largest absolute Gasteiger partial charge is 0.493 e. The summed E-state index contributed by atoms with van der Waals surface area (Å²) < 4.78 is 16.2. The Labute approximate surface area is 186 Å². The summed E-state index contributed by atoms with van der Waals surface area (Å²) >= 11 is 0. The Hall–Kier alpha value is -4.16. The highest BCUT2D eigenvalue weighted by Crippen LogP contribution is 2.56. The lowest BCUT2D eigenvalue weighted by molar-refractivity contribution is 0.0997. The van der Waals surface area contributed by atoms with Gasteiger partial charge in [0.05, 0.1) is 44.2 Å². The van der Waals surface area contributed by atoms with E-state index >= 15 is 0 Å². The molecule has 0 fully saturated rings. The normalized spacial score (nSPS) is 21.2. The van der Waals surface area contributed by atoms with Gasteiger partial charge >= 0.3 is 6.09 Å². The molecule has 1 aliphatic heterocycles. The first kappa shape index (κ1) is 22.5. The minimum Gasteiger partial charge on any atom is -0.493 e. The van der Waals surface area contributed by atoms with Gasteiger partial charge < -0.3 is 24.8 Å². The third kappa shape index (κ3) is 3.27. The predicted molar refractivity (Wildman–Crippen MR) is 113 cm³/mol. The van der Waals surface area contributed by atoms with Crippen molar-refractivity contribution in [1.82, 2.24) is 4.90 Å². The van der Waals surface area contributed by atoms with Crippen LogP contribution in [0.2, 0.25) is 0 Å². The van der Waals surface area contributed by atoms with Gasteiger partial charge in [0, 0.05) is 30.5 Å². The zero-order chi connectivity index (χ0) is 23.5. The fourth-order valence-corrected chi connectivity index (χ4v) is 4.54. The van der Waals surface area contributed by atoms with Gasteiger partial charge in [0.15, 0.2) is 16.9 Å². The molecule has 2 aliphatic rings. The van der Waals surface area contributed by atoms with E-state index in [9.17, 15) is 20.6 Å². The third-order valence-corrected chi connectivity index (χ3v) is 5.96. The topological polar surface area (TPSA) is 145 Å². The fraction of sp³-hybridized carbons (Fsp3) is 0.391. The van der Waals surface area contributed by atoms with Crippen LogP contribution < -0.4 is 15.2 Å². The number of ether oxygens (including phenoxy) is 3. The maximum Gasteiger partial charge on any atom is 0.410 e. The number of rotatable bonds is 4. The number of methoxy groups -OCH3 is 2.